The Morgan fingerprint density at radius 1 is 1.15 bits per heavy atom. The fraction of sp³-hybridized carbons (Fsp3) is 0.300. The first-order chi connectivity index (χ1) is 12.6. The maximum Gasteiger partial charge on any atom is 0.234 e. The van der Waals surface area contributed by atoms with E-state index in [1.165, 1.54) is 5.56 Å². The second kappa shape index (κ2) is 10.3. The maximum absolute atomic E-state index is 11.3. The van der Waals surface area contributed by atoms with Crippen molar-refractivity contribution < 1.29 is 14.3 Å². The van der Waals surface area contributed by atoms with Crippen LogP contribution in [0.3, 0.4) is 0 Å². The number of halogens is 1. The first-order valence-corrected chi connectivity index (χ1v) is 8.70. The number of hydrogen-bond donors (Lipinski definition) is 1. The molecule has 0 aliphatic rings. The zero-order valence-corrected chi connectivity index (χ0v) is 15.4. The van der Waals surface area contributed by atoms with Crippen molar-refractivity contribution in [3.63, 3.8) is 0 Å². The third kappa shape index (κ3) is 6.66. The minimum absolute atomic E-state index is 0.144. The average Bonchev–Trinajstić information content (AvgIpc) is 2.62. The van der Waals surface area contributed by atoms with E-state index in [4.69, 9.17) is 26.3 Å². The summed E-state index contributed by atoms with van der Waals surface area (Å²) >= 11 is 6.05. The van der Waals surface area contributed by atoms with Crippen LogP contribution >= 0.6 is 11.6 Å². The van der Waals surface area contributed by atoms with Crippen LogP contribution in [-0.4, -0.2) is 25.7 Å². The summed E-state index contributed by atoms with van der Waals surface area (Å²) in [6.07, 6.45) is 0.418. The summed E-state index contributed by atoms with van der Waals surface area (Å²) in [4.78, 5) is 11.3. The summed E-state index contributed by atoms with van der Waals surface area (Å²) < 4.78 is 11.4. The Bertz CT molecular complexity index is 770. The van der Waals surface area contributed by atoms with Gasteiger partial charge in [-0.3, -0.25) is 4.79 Å². The number of aryl methyl sites for hydroxylation is 1. The second-order valence-electron chi connectivity index (χ2n) is 5.70. The van der Waals surface area contributed by atoms with Gasteiger partial charge in [-0.1, -0.05) is 29.3 Å². The molecule has 6 heteroatoms. The number of carbonyl (C=O) groups excluding carboxylic acids is 1. The van der Waals surface area contributed by atoms with Gasteiger partial charge in [-0.15, -0.1) is 0 Å². The minimum atomic E-state index is -0.288. The molecule has 1 N–H and O–H groups in total. The molecule has 0 fully saturated rings. The summed E-state index contributed by atoms with van der Waals surface area (Å²) in [6.45, 7) is 3.25. The molecule has 136 valence electrons. The van der Waals surface area contributed by atoms with Crippen molar-refractivity contribution in [3.8, 4) is 17.6 Å². The summed E-state index contributed by atoms with van der Waals surface area (Å²) in [5.41, 5.74) is 2.08. The van der Waals surface area contributed by atoms with Gasteiger partial charge in [0.05, 0.1) is 6.07 Å². The number of rotatable bonds is 9. The van der Waals surface area contributed by atoms with Crippen molar-refractivity contribution in [1.29, 1.82) is 5.26 Å². The zero-order valence-electron chi connectivity index (χ0n) is 14.6. The summed E-state index contributed by atoms with van der Waals surface area (Å²) in [5, 5.41) is 11.8. The van der Waals surface area contributed by atoms with Crippen LogP contribution in [0.5, 0.6) is 11.5 Å². The first kappa shape index (κ1) is 19.6. The smallest absolute Gasteiger partial charge is 0.234 e. The topological polar surface area (TPSA) is 71.3 Å². The van der Waals surface area contributed by atoms with Crippen LogP contribution < -0.4 is 14.8 Å². The molecule has 2 aromatic carbocycles. The van der Waals surface area contributed by atoms with Crippen molar-refractivity contribution in [2.75, 3.05) is 19.8 Å². The molecule has 0 aliphatic heterocycles. The van der Waals surface area contributed by atoms with Crippen molar-refractivity contribution in [3.05, 3.63) is 58.6 Å². The van der Waals surface area contributed by atoms with Gasteiger partial charge in [0.1, 0.15) is 31.1 Å². The van der Waals surface area contributed by atoms with Gasteiger partial charge in [0.15, 0.2) is 0 Å². The van der Waals surface area contributed by atoms with Crippen molar-refractivity contribution >= 4 is 17.5 Å². The van der Waals surface area contributed by atoms with Gasteiger partial charge in [-0.2, -0.15) is 5.26 Å². The van der Waals surface area contributed by atoms with Crippen LogP contribution in [0.25, 0.3) is 0 Å². The molecule has 0 radical (unpaired) electrons. The van der Waals surface area contributed by atoms with Crippen LogP contribution in [0.15, 0.2) is 42.5 Å². The average molecular weight is 373 g/mol. The molecule has 0 spiro atoms. The van der Waals surface area contributed by atoms with Gasteiger partial charge < -0.3 is 14.8 Å². The lowest BCUT2D eigenvalue weighted by Gasteiger charge is -2.13. The number of nitrogens with zero attached hydrogens (tertiary/aromatic N) is 1. The highest BCUT2D eigenvalue weighted by atomic mass is 35.5. The number of carbonyl (C=O) groups is 1. The molecule has 0 saturated carbocycles. The van der Waals surface area contributed by atoms with E-state index < -0.39 is 0 Å². The summed E-state index contributed by atoms with van der Waals surface area (Å²) in [7, 11) is 0. The fourth-order valence-electron chi connectivity index (χ4n) is 2.30. The Morgan fingerprint density at radius 3 is 2.62 bits per heavy atom. The van der Waals surface area contributed by atoms with Crippen LogP contribution in [0.1, 0.15) is 17.5 Å². The Morgan fingerprint density at radius 2 is 1.88 bits per heavy atom. The number of benzene rings is 2. The Labute approximate surface area is 158 Å². The van der Waals surface area contributed by atoms with Crippen molar-refractivity contribution in [2.45, 2.75) is 19.8 Å². The normalized spacial score (nSPS) is 10.0. The molecule has 0 heterocycles. The Balaban J connectivity index is 1.83. The third-order valence-corrected chi connectivity index (χ3v) is 3.84. The molecule has 0 atom stereocenters. The molecule has 0 aliphatic carbocycles. The lowest BCUT2D eigenvalue weighted by Crippen LogP contribution is -2.25. The number of nitriles is 1. The van der Waals surface area contributed by atoms with Gasteiger partial charge in [0.2, 0.25) is 5.91 Å². The monoisotopic (exact) mass is 372 g/mol. The van der Waals surface area contributed by atoms with E-state index in [1.54, 1.807) is 12.1 Å². The number of amides is 1. The standard InChI is InChI=1S/C20H21ClN2O3/c1-15-2-5-18(6-3-15)25-12-13-26-19-7-4-17(21)14-16(19)9-11-23-20(24)8-10-22/h2-7,14H,8-9,11-13H2,1H3,(H,23,24). The van der Waals surface area contributed by atoms with Gasteiger partial charge in [-0.05, 0) is 49.2 Å². The third-order valence-electron chi connectivity index (χ3n) is 3.61. The number of nitrogens with one attached hydrogen (secondary N) is 1. The second-order valence-corrected chi connectivity index (χ2v) is 6.13. The van der Waals surface area contributed by atoms with Crippen molar-refractivity contribution in [2.24, 2.45) is 0 Å². The highest BCUT2D eigenvalue weighted by molar-refractivity contribution is 6.30. The number of ether oxygens (including phenoxy) is 2. The van der Waals surface area contributed by atoms with Gasteiger partial charge in [0, 0.05) is 11.6 Å². The SMILES string of the molecule is Cc1ccc(OCCOc2ccc(Cl)cc2CCNC(=O)CC#N)cc1. The van der Waals surface area contributed by atoms with Crippen LogP contribution in [0.2, 0.25) is 5.02 Å². The molecule has 2 rings (SSSR count). The zero-order chi connectivity index (χ0) is 18.8. The number of hydrogen-bond acceptors (Lipinski definition) is 4. The van der Waals surface area contributed by atoms with E-state index in [9.17, 15) is 4.79 Å². The molecule has 0 aromatic heterocycles. The molecule has 2 aromatic rings. The van der Waals surface area contributed by atoms with E-state index in [0.717, 1.165) is 11.3 Å². The Kier molecular flexibility index (Phi) is 7.78. The molecule has 5 nitrogen and oxygen atoms in total. The van der Waals surface area contributed by atoms with Crippen LogP contribution in [0, 0.1) is 18.3 Å². The lowest BCUT2D eigenvalue weighted by atomic mass is 10.1. The van der Waals surface area contributed by atoms with Gasteiger partial charge in [0.25, 0.3) is 0 Å². The van der Waals surface area contributed by atoms with E-state index in [0.29, 0.717) is 37.0 Å². The minimum Gasteiger partial charge on any atom is -0.490 e. The van der Waals surface area contributed by atoms with E-state index in [-0.39, 0.29) is 12.3 Å². The molecule has 0 saturated heterocycles. The van der Waals surface area contributed by atoms with Gasteiger partial charge in [-0.25, -0.2) is 0 Å². The molecular formula is C20H21ClN2O3. The fourth-order valence-corrected chi connectivity index (χ4v) is 2.50. The molecular weight excluding hydrogens is 352 g/mol. The van der Waals surface area contributed by atoms with E-state index in [1.807, 2.05) is 43.3 Å². The van der Waals surface area contributed by atoms with E-state index in [2.05, 4.69) is 5.32 Å². The predicted octanol–water partition coefficient (Wildman–Crippen LogP) is 3.68. The molecule has 26 heavy (non-hydrogen) atoms. The highest BCUT2D eigenvalue weighted by Crippen LogP contribution is 2.23. The summed E-state index contributed by atoms with van der Waals surface area (Å²) in [6, 6.07) is 15.0. The largest absolute Gasteiger partial charge is 0.490 e. The van der Waals surface area contributed by atoms with E-state index >= 15 is 0 Å². The quantitative estimate of drug-likeness (QED) is 0.681. The van der Waals surface area contributed by atoms with Crippen LogP contribution in [-0.2, 0) is 11.2 Å². The van der Waals surface area contributed by atoms with Crippen LogP contribution in [0.4, 0.5) is 0 Å². The summed E-state index contributed by atoms with van der Waals surface area (Å²) in [5.74, 6) is 1.22. The predicted molar refractivity (Wildman–Crippen MR) is 101 cm³/mol. The first-order valence-electron chi connectivity index (χ1n) is 8.33. The molecule has 1 amide bonds. The molecule has 0 bridgehead atoms. The van der Waals surface area contributed by atoms with Gasteiger partial charge >= 0.3 is 0 Å². The maximum atomic E-state index is 11.3. The lowest BCUT2D eigenvalue weighted by molar-refractivity contribution is -0.120. The van der Waals surface area contributed by atoms with Crippen molar-refractivity contribution in [1.82, 2.24) is 5.32 Å². The molecule has 0 unspecified atom stereocenters. The Hall–Kier alpha value is -2.71. The highest BCUT2D eigenvalue weighted by Gasteiger charge is 2.07.